The van der Waals surface area contributed by atoms with Crippen molar-refractivity contribution < 1.29 is 19.0 Å². The predicted octanol–water partition coefficient (Wildman–Crippen LogP) is 2.17. The second-order valence-electron chi connectivity index (χ2n) is 6.24. The number of hydrogen-bond acceptors (Lipinski definition) is 8. The lowest BCUT2D eigenvalue weighted by Gasteiger charge is -2.08. The number of benzene rings is 2. The molecule has 0 fully saturated rings. The van der Waals surface area contributed by atoms with Gasteiger partial charge in [0.25, 0.3) is 5.56 Å². The van der Waals surface area contributed by atoms with Gasteiger partial charge in [-0.15, -0.1) is 10.2 Å². The van der Waals surface area contributed by atoms with Crippen LogP contribution in [0.25, 0.3) is 22.4 Å². The van der Waals surface area contributed by atoms with E-state index in [4.69, 9.17) is 14.2 Å². The van der Waals surface area contributed by atoms with Crippen molar-refractivity contribution in [2.24, 2.45) is 0 Å². The molecule has 0 bridgehead atoms. The average Bonchev–Trinajstić information content (AvgIpc) is 3.33. The van der Waals surface area contributed by atoms with Gasteiger partial charge in [0.2, 0.25) is 4.96 Å². The third-order valence-corrected chi connectivity index (χ3v) is 5.48. The predicted molar refractivity (Wildman–Crippen MR) is 112 cm³/mol. The van der Waals surface area contributed by atoms with Gasteiger partial charge in [0.15, 0.2) is 17.3 Å². The highest BCUT2D eigenvalue weighted by Gasteiger charge is 2.16. The molecule has 2 aromatic carbocycles. The number of carbonyl (C=O) groups is 1. The van der Waals surface area contributed by atoms with Crippen molar-refractivity contribution in [3.63, 3.8) is 0 Å². The molecule has 0 aliphatic carbocycles. The molecule has 9 heteroatoms. The number of methoxy groups -OCH3 is 3. The zero-order valence-corrected chi connectivity index (χ0v) is 17.2. The van der Waals surface area contributed by atoms with E-state index in [0.717, 1.165) is 5.56 Å². The fraction of sp³-hybridized carbons (Fsp3) is 0.143. The van der Waals surface area contributed by atoms with Crippen LogP contribution in [0.4, 0.5) is 0 Å². The lowest BCUT2D eigenvalue weighted by molar-refractivity contribution is 0.0600. The highest BCUT2D eigenvalue weighted by molar-refractivity contribution is 7.15. The highest BCUT2D eigenvalue weighted by atomic mass is 32.1. The molecule has 0 atom stereocenters. The molecule has 0 spiro atoms. The van der Waals surface area contributed by atoms with Crippen molar-refractivity contribution in [1.29, 1.82) is 0 Å². The van der Waals surface area contributed by atoms with Gasteiger partial charge in [-0.05, 0) is 42.0 Å². The minimum atomic E-state index is -0.411. The van der Waals surface area contributed by atoms with E-state index in [2.05, 4.69) is 10.2 Å². The first kappa shape index (κ1) is 19.6. The lowest BCUT2D eigenvalue weighted by atomic mass is 10.1. The van der Waals surface area contributed by atoms with Gasteiger partial charge in [0, 0.05) is 5.56 Å². The fourth-order valence-electron chi connectivity index (χ4n) is 3.01. The summed E-state index contributed by atoms with van der Waals surface area (Å²) in [7, 11) is 4.43. The molecule has 4 rings (SSSR count). The summed E-state index contributed by atoms with van der Waals surface area (Å²) < 4.78 is 17.3. The largest absolute Gasteiger partial charge is 0.493 e. The Bertz CT molecular complexity index is 1340. The van der Waals surface area contributed by atoms with E-state index in [1.54, 1.807) is 62.8 Å². The number of aromatic nitrogens is 3. The van der Waals surface area contributed by atoms with Gasteiger partial charge < -0.3 is 14.2 Å². The quantitative estimate of drug-likeness (QED) is 0.454. The molecule has 0 saturated heterocycles. The van der Waals surface area contributed by atoms with Crippen molar-refractivity contribution >= 4 is 28.3 Å². The van der Waals surface area contributed by atoms with Gasteiger partial charge >= 0.3 is 5.97 Å². The van der Waals surface area contributed by atoms with Gasteiger partial charge in [0.1, 0.15) is 0 Å². The SMILES string of the molecule is COC(=O)c1ccc(/C=c2\sc3nnc(-c4ccc(OC)c(OC)c4)n3c2=O)cc1. The minimum absolute atomic E-state index is 0.221. The summed E-state index contributed by atoms with van der Waals surface area (Å²) >= 11 is 1.24. The first-order chi connectivity index (χ1) is 14.5. The average molecular weight is 423 g/mol. The number of esters is 1. The molecule has 2 aromatic heterocycles. The van der Waals surface area contributed by atoms with Crippen LogP contribution in [-0.2, 0) is 4.74 Å². The third-order valence-electron chi connectivity index (χ3n) is 4.52. The van der Waals surface area contributed by atoms with Gasteiger partial charge in [-0.2, -0.15) is 0 Å². The van der Waals surface area contributed by atoms with E-state index in [0.29, 0.717) is 37.9 Å². The summed E-state index contributed by atoms with van der Waals surface area (Å²) in [5, 5.41) is 8.31. The molecule has 0 amide bonds. The Kier molecular flexibility index (Phi) is 5.20. The highest BCUT2D eigenvalue weighted by Crippen LogP contribution is 2.31. The maximum absolute atomic E-state index is 13.0. The van der Waals surface area contributed by atoms with Crippen LogP contribution in [-0.4, -0.2) is 41.9 Å². The summed E-state index contributed by atoms with van der Waals surface area (Å²) in [6, 6.07) is 12.1. The molecule has 0 unspecified atom stereocenters. The fourth-order valence-corrected chi connectivity index (χ4v) is 3.92. The number of ether oxygens (including phenoxy) is 3. The molecule has 4 aromatic rings. The van der Waals surface area contributed by atoms with E-state index < -0.39 is 5.97 Å². The Balaban J connectivity index is 1.78. The number of fused-ring (bicyclic) bond motifs is 1. The number of rotatable bonds is 5. The van der Waals surface area contributed by atoms with Gasteiger partial charge in [-0.1, -0.05) is 23.5 Å². The Hall–Kier alpha value is -3.72. The van der Waals surface area contributed by atoms with Crippen LogP contribution in [0, 0.1) is 0 Å². The van der Waals surface area contributed by atoms with Crippen LogP contribution in [0.5, 0.6) is 11.5 Å². The smallest absolute Gasteiger partial charge is 0.337 e. The van der Waals surface area contributed by atoms with Crippen LogP contribution < -0.4 is 19.6 Å². The third kappa shape index (κ3) is 3.39. The van der Waals surface area contributed by atoms with E-state index in [1.165, 1.54) is 22.8 Å². The van der Waals surface area contributed by atoms with E-state index in [-0.39, 0.29) is 5.56 Å². The zero-order valence-electron chi connectivity index (χ0n) is 16.4. The summed E-state index contributed by atoms with van der Waals surface area (Å²) in [4.78, 5) is 25.1. The van der Waals surface area contributed by atoms with E-state index >= 15 is 0 Å². The molecular formula is C21H17N3O5S. The number of thiazole rings is 1. The van der Waals surface area contributed by atoms with Crippen LogP contribution in [0.15, 0.2) is 47.3 Å². The Morgan fingerprint density at radius 3 is 2.40 bits per heavy atom. The van der Waals surface area contributed by atoms with Gasteiger partial charge in [-0.3, -0.25) is 4.79 Å². The monoisotopic (exact) mass is 423 g/mol. The standard InChI is InChI=1S/C21H17N3O5S/c1-27-15-9-8-14(11-16(15)28-2)18-22-23-21-24(18)19(25)17(30-21)10-12-4-6-13(7-5-12)20(26)29-3/h4-11H,1-3H3/b17-10-. The van der Waals surface area contributed by atoms with Crippen molar-refractivity contribution in [2.45, 2.75) is 0 Å². The first-order valence-corrected chi connectivity index (χ1v) is 9.67. The first-order valence-electron chi connectivity index (χ1n) is 8.86. The van der Waals surface area contributed by atoms with Crippen molar-refractivity contribution in [3.8, 4) is 22.9 Å². The number of nitrogens with zero attached hydrogens (tertiary/aromatic N) is 3. The topological polar surface area (TPSA) is 92.0 Å². The molecule has 0 aliphatic rings. The van der Waals surface area contributed by atoms with E-state index in [1.807, 2.05) is 0 Å². The molecule has 0 saturated carbocycles. The zero-order chi connectivity index (χ0) is 21.3. The molecule has 152 valence electrons. The molecule has 0 radical (unpaired) electrons. The molecule has 8 nitrogen and oxygen atoms in total. The summed E-state index contributed by atoms with van der Waals surface area (Å²) in [6.07, 6.45) is 1.75. The summed E-state index contributed by atoms with van der Waals surface area (Å²) in [6.45, 7) is 0. The molecule has 2 heterocycles. The maximum atomic E-state index is 13.0. The van der Waals surface area contributed by atoms with Crippen molar-refractivity contribution in [3.05, 3.63) is 68.5 Å². The Labute approximate surface area is 175 Å². The molecular weight excluding hydrogens is 406 g/mol. The summed E-state index contributed by atoms with van der Waals surface area (Å²) in [5.74, 6) is 1.13. The molecule has 0 aliphatic heterocycles. The second kappa shape index (κ2) is 7.96. The van der Waals surface area contributed by atoms with E-state index in [9.17, 15) is 9.59 Å². The van der Waals surface area contributed by atoms with Gasteiger partial charge in [0.05, 0.1) is 31.4 Å². The number of hydrogen-bond donors (Lipinski definition) is 0. The van der Waals surface area contributed by atoms with Crippen LogP contribution in [0.2, 0.25) is 0 Å². The molecule has 30 heavy (non-hydrogen) atoms. The molecule has 0 N–H and O–H groups in total. The maximum Gasteiger partial charge on any atom is 0.337 e. The van der Waals surface area contributed by atoms with Crippen molar-refractivity contribution in [2.75, 3.05) is 21.3 Å². The normalized spacial score (nSPS) is 11.6. The van der Waals surface area contributed by atoms with Crippen LogP contribution in [0.1, 0.15) is 15.9 Å². The number of carbonyl (C=O) groups excluding carboxylic acids is 1. The Morgan fingerprint density at radius 2 is 1.73 bits per heavy atom. The summed E-state index contributed by atoms with van der Waals surface area (Å²) in [5.41, 5.74) is 1.69. The second-order valence-corrected chi connectivity index (χ2v) is 7.25. The Morgan fingerprint density at radius 1 is 1.00 bits per heavy atom. The minimum Gasteiger partial charge on any atom is -0.493 e. The van der Waals surface area contributed by atoms with Crippen molar-refractivity contribution in [1.82, 2.24) is 14.6 Å². The van der Waals surface area contributed by atoms with Gasteiger partial charge in [-0.25, -0.2) is 9.20 Å². The van der Waals surface area contributed by atoms with Crippen LogP contribution >= 0.6 is 11.3 Å². The van der Waals surface area contributed by atoms with Crippen LogP contribution in [0.3, 0.4) is 0 Å². The lowest BCUT2D eigenvalue weighted by Crippen LogP contribution is -2.23.